The van der Waals surface area contributed by atoms with Crippen LogP contribution in [0.1, 0.15) is 15.9 Å². The van der Waals surface area contributed by atoms with Crippen molar-refractivity contribution in [1.82, 2.24) is 15.1 Å². The fourth-order valence-corrected chi connectivity index (χ4v) is 2.86. The average molecular weight is 365 g/mol. The molecule has 0 aliphatic heterocycles. The summed E-state index contributed by atoms with van der Waals surface area (Å²) >= 11 is 0. The number of nitrogens with zero attached hydrogens (tertiary/aromatic N) is 2. The predicted octanol–water partition coefficient (Wildman–Crippen LogP) is 3.41. The molecule has 0 radical (unpaired) electrons. The van der Waals surface area contributed by atoms with Gasteiger partial charge in [-0.05, 0) is 47.9 Å². The topological polar surface area (TPSA) is 67.5 Å². The van der Waals surface area contributed by atoms with Gasteiger partial charge < -0.3 is 14.4 Å². The highest BCUT2D eigenvalue weighted by atomic mass is 16.5. The normalized spacial score (nSPS) is 10.5. The van der Waals surface area contributed by atoms with Gasteiger partial charge in [-0.3, -0.25) is 9.89 Å². The predicted molar refractivity (Wildman–Crippen MR) is 104 cm³/mol. The molecular formula is C21H23N3O3. The maximum Gasteiger partial charge on any atom is 0.253 e. The van der Waals surface area contributed by atoms with Gasteiger partial charge in [0.2, 0.25) is 0 Å². The van der Waals surface area contributed by atoms with Gasteiger partial charge in [0.05, 0.1) is 19.9 Å². The molecule has 0 aliphatic carbocycles. The number of amides is 1. The van der Waals surface area contributed by atoms with Gasteiger partial charge in [-0.15, -0.1) is 0 Å². The Morgan fingerprint density at radius 1 is 1.04 bits per heavy atom. The Morgan fingerprint density at radius 2 is 1.78 bits per heavy atom. The maximum absolute atomic E-state index is 12.6. The van der Waals surface area contributed by atoms with Crippen molar-refractivity contribution in [3.8, 4) is 22.8 Å². The third-order valence-electron chi connectivity index (χ3n) is 4.47. The molecule has 3 aromatic rings. The highest BCUT2D eigenvalue weighted by Crippen LogP contribution is 2.27. The number of ether oxygens (including phenoxy) is 2. The van der Waals surface area contributed by atoms with Crippen LogP contribution in [0.4, 0.5) is 0 Å². The molecule has 6 heteroatoms. The molecule has 0 bridgehead atoms. The molecule has 0 fully saturated rings. The molecule has 0 saturated heterocycles. The van der Waals surface area contributed by atoms with Crippen LogP contribution in [0.3, 0.4) is 0 Å². The molecule has 0 unspecified atom stereocenters. The van der Waals surface area contributed by atoms with Gasteiger partial charge in [-0.2, -0.15) is 5.10 Å². The summed E-state index contributed by atoms with van der Waals surface area (Å²) in [6, 6.07) is 15.2. The number of rotatable bonds is 7. The van der Waals surface area contributed by atoms with Crippen LogP contribution in [-0.2, 0) is 6.42 Å². The standard InChI is InChI=1S/C21H23N3O3/c1-24(13-11-15-4-9-19(26-2)20(14-15)27-3)21(25)17-7-5-16(6-8-17)18-10-12-22-23-18/h4-10,12,14H,11,13H2,1-3H3,(H,22,23). The van der Waals surface area contributed by atoms with Crippen LogP contribution < -0.4 is 9.47 Å². The highest BCUT2D eigenvalue weighted by Gasteiger charge is 2.13. The molecule has 0 atom stereocenters. The number of carbonyl (C=O) groups excluding carboxylic acids is 1. The number of hydrogen-bond donors (Lipinski definition) is 1. The second-order valence-corrected chi connectivity index (χ2v) is 6.21. The summed E-state index contributed by atoms with van der Waals surface area (Å²) in [5.74, 6) is 1.38. The Hall–Kier alpha value is -3.28. The third kappa shape index (κ3) is 4.28. The minimum Gasteiger partial charge on any atom is -0.493 e. The molecule has 2 aromatic carbocycles. The van der Waals surface area contributed by atoms with Crippen molar-refractivity contribution in [2.45, 2.75) is 6.42 Å². The third-order valence-corrected chi connectivity index (χ3v) is 4.47. The van der Waals surface area contributed by atoms with E-state index >= 15 is 0 Å². The molecule has 1 heterocycles. The fraction of sp³-hybridized carbons (Fsp3) is 0.238. The van der Waals surface area contributed by atoms with Crippen molar-refractivity contribution in [3.05, 3.63) is 65.9 Å². The van der Waals surface area contributed by atoms with Crippen molar-refractivity contribution < 1.29 is 14.3 Å². The van der Waals surface area contributed by atoms with Gasteiger partial charge in [-0.1, -0.05) is 18.2 Å². The van der Waals surface area contributed by atoms with Crippen molar-refractivity contribution in [2.75, 3.05) is 27.8 Å². The summed E-state index contributed by atoms with van der Waals surface area (Å²) in [5.41, 5.74) is 3.67. The van der Waals surface area contributed by atoms with Crippen molar-refractivity contribution in [1.29, 1.82) is 0 Å². The molecule has 0 spiro atoms. The number of aromatic nitrogens is 2. The smallest absolute Gasteiger partial charge is 0.253 e. The molecular weight excluding hydrogens is 342 g/mol. The van der Waals surface area contributed by atoms with Crippen molar-refractivity contribution in [2.24, 2.45) is 0 Å². The van der Waals surface area contributed by atoms with Gasteiger partial charge in [-0.25, -0.2) is 0 Å². The Kier molecular flexibility index (Phi) is 5.76. The van der Waals surface area contributed by atoms with Crippen molar-refractivity contribution in [3.63, 3.8) is 0 Å². The number of hydrogen-bond acceptors (Lipinski definition) is 4. The van der Waals surface area contributed by atoms with Crippen LogP contribution in [0.15, 0.2) is 54.7 Å². The van der Waals surface area contributed by atoms with Crippen LogP contribution >= 0.6 is 0 Å². The Balaban J connectivity index is 1.62. The van der Waals surface area contributed by atoms with Crippen molar-refractivity contribution >= 4 is 5.91 Å². The van der Waals surface area contributed by atoms with Crippen LogP contribution in [0.2, 0.25) is 0 Å². The van der Waals surface area contributed by atoms with Gasteiger partial charge in [0.15, 0.2) is 11.5 Å². The molecule has 140 valence electrons. The number of benzene rings is 2. The maximum atomic E-state index is 12.6. The van der Waals surface area contributed by atoms with Gasteiger partial charge >= 0.3 is 0 Å². The van der Waals surface area contributed by atoms with Gasteiger partial charge in [0.1, 0.15) is 0 Å². The van der Waals surface area contributed by atoms with E-state index in [9.17, 15) is 4.79 Å². The van der Waals surface area contributed by atoms with Crippen LogP contribution in [0.25, 0.3) is 11.3 Å². The SMILES string of the molecule is COc1ccc(CCN(C)C(=O)c2ccc(-c3ccn[nH]3)cc2)cc1OC. The summed E-state index contributed by atoms with van der Waals surface area (Å²) in [6.45, 7) is 0.608. The Labute approximate surface area is 158 Å². The number of H-pyrrole nitrogens is 1. The lowest BCUT2D eigenvalue weighted by molar-refractivity contribution is 0.0796. The van der Waals surface area contributed by atoms with Gasteiger partial charge in [0, 0.05) is 25.4 Å². The monoisotopic (exact) mass is 365 g/mol. The average Bonchev–Trinajstić information content (AvgIpc) is 3.26. The van der Waals surface area contributed by atoms with E-state index in [1.807, 2.05) is 55.6 Å². The second kappa shape index (κ2) is 8.40. The van der Waals surface area contributed by atoms with E-state index in [0.29, 0.717) is 23.6 Å². The largest absolute Gasteiger partial charge is 0.493 e. The van der Waals surface area contributed by atoms with E-state index in [2.05, 4.69) is 10.2 Å². The summed E-state index contributed by atoms with van der Waals surface area (Å²) < 4.78 is 10.6. The molecule has 0 aliphatic rings. The first kappa shape index (κ1) is 18.5. The Morgan fingerprint density at radius 3 is 2.41 bits per heavy atom. The lowest BCUT2D eigenvalue weighted by Gasteiger charge is -2.18. The van der Waals surface area contributed by atoms with E-state index in [-0.39, 0.29) is 5.91 Å². The lowest BCUT2D eigenvalue weighted by atomic mass is 10.1. The number of likely N-dealkylation sites (N-methyl/N-ethyl adjacent to an activating group) is 1. The zero-order valence-corrected chi connectivity index (χ0v) is 15.7. The summed E-state index contributed by atoms with van der Waals surface area (Å²) in [4.78, 5) is 14.4. The van der Waals surface area contributed by atoms with E-state index in [1.165, 1.54) is 0 Å². The van der Waals surface area contributed by atoms with Crippen LogP contribution in [0, 0.1) is 0 Å². The fourth-order valence-electron chi connectivity index (χ4n) is 2.86. The number of nitrogens with one attached hydrogen (secondary N) is 1. The van der Waals surface area contributed by atoms with Gasteiger partial charge in [0.25, 0.3) is 5.91 Å². The molecule has 27 heavy (non-hydrogen) atoms. The first-order chi connectivity index (χ1) is 13.1. The van der Waals surface area contributed by atoms with E-state index < -0.39 is 0 Å². The number of carbonyl (C=O) groups is 1. The molecule has 3 rings (SSSR count). The molecule has 0 saturated carbocycles. The quantitative estimate of drug-likeness (QED) is 0.697. The second-order valence-electron chi connectivity index (χ2n) is 6.21. The molecule has 1 aromatic heterocycles. The summed E-state index contributed by atoms with van der Waals surface area (Å²) in [6.07, 6.45) is 2.44. The van der Waals surface area contributed by atoms with E-state index in [4.69, 9.17) is 9.47 Å². The van der Waals surface area contributed by atoms with E-state index in [0.717, 1.165) is 23.2 Å². The first-order valence-electron chi connectivity index (χ1n) is 8.68. The minimum atomic E-state index is -0.00774. The summed E-state index contributed by atoms with van der Waals surface area (Å²) in [5, 5.41) is 6.86. The van der Waals surface area contributed by atoms with E-state index in [1.54, 1.807) is 25.3 Å². The molecule has 1 N–H and O–H groups in total. The minimum absolute atomic E-state index is 0.00774. The highest BCUT2D eigenvalue weighted by molar-refractivity contribution is 5.94. The zero-order valence-electron chi connectivity index (χ0n) is 15.7. The Bertz CT molecular complexity index is 890. The zero-order chi connectivity index (χ0) is 19.2. The first-order valence-corrected chi connectivity index (χ1v) is 8.68. The van der Waals surface area contributed by atoms with Crippen LogP contribution in [0.5, 0.6) is 11.5 Å². The lowest BCUT2D eigenvalue weighted by Crippen LogP contribution is -2.28. The summed E-state index contributed by atoms with van der Waals surface area (Å²) in [7, 11) is 5.04. The van der Waals surface area contributed by atoms with Crippen LogP contribution in [-0.4, -0.2) is 48.8 Å². The number of methoxy groups -OCH3 is 2. The molecule has 6 nitrogen and oxygen atoms in total. The number of aromatic amines is 1. The molecule has 1 amide bonds.